The fourth-order valence-electron chi connectivity index (χ4n) is 3.10. The quantitative estimate of drug-likeness (QED) is 0.543. The molecule has 1 aliphatic heterocycles. The predicted octanol–water partition coefficient (Wildman–Crippen LogP) is 1.44. The van der Waals surface area contributed by atoms with Gasteiger partial charge >= 0.3 is 0 Å². The van der Waals surface area contributed by atoms with Crippen molar-refractivity contribution in [3.63, 3.8) is 0 Å². The summed E-state index contributed by atoms with van der Waals surface area (Å²) in [5.41, 5.74) is 1.24. The number of nitrogens with one attached hydrogen (secondary N) is 2. The van der Waals surface area contributed by atoms with Crippen LogP contribution < -0.4 is 19.5 Å². The minimum absolute atomic E-state index is 0.0437. The minimum atomic E-state index is -3.81. The van der Waals surface area contributed by atoms with Crippen molar-refractivity contribution in [2.24, 2.45) is 0 Å². The first kappa shape index (κ1) is 21.7. The summed E-state index contributed by atoms with van der Waals surface area (Å²) >= 11 is 0. The van der Waals surface area contributed by atoms with Crippen LogP contribution >= 0.6 is 0 Å². The van der Waals surface area contributed by atoms with Gasteiger partial charge in [-0.1, -0.05) is 6.07 Å². The summed E-state index contributed by atoms with van der Waals surface area (Å²) in [6.07, 6.45) is 0.681. The maximum absolute atomic E-state index is 12.6. The molecule has 32 heavy (non-hydrogen) atoms. The molecule has 0 atom stereocenters. The van der Waals surface area contributed by atoms with Crippen LogP contribution in [0.15, 0.2) is 47.4 Å². The van der Waals surface area contributed by atoms with Gasteiger partial charge in [-0.05, 0) is 47.7 Å². The summed E-state index contributed by atoms with van der Waals surface area (Å²) in [6.45, 7) is 2.68. The van der Waals surface area contributed by atoms with Gasteiger partial charge in [-0.3, -0.25) is 4.79 Å². The molecule has 2 aromatic carbocycles. The molecule has 0 bridgehead atoms. The number of rotatable bonds is 7. The van der Waals surface area contributed by atoms with Crippen molar-refractivity contribution < 1.29 is 22.7 Å². The van der Waals surface area contributed by atoms with Gasteiger partial charge in [0.25, 0.3) is 0 Å². The number of nitrogens with zero attached hydrogens (tertiary/aromatic N) is 4. The number of fused-ring (bicyclic) bond motifs is 1. The Labute approximate surface area is 184 Å². The first-order valence-electron chi connectivity index (χ1n) is 9.97. The van der Waals surface area contributed by atoms with Crippen LogP contribution in [0.25, 0.3) is 5.69 Å². The van der Waals surface area contributed by atoms with Gasteiger partial charge in [0.05, 0.1) is 23.8 Å². The van der Waals surface area contributed by atoms with Crippen LogP contribution in [0.4, 0.5) is 5.69 Å². The van der Waals surface area contributed by atoms with Crippen LogP contribution in [0.5, 0.6) is 11.5 Å². The molecule has 0 saturated carbocycles. The number of hydrogen-bond acceptors (Lipinski definition) is 8. The van der Waals surface area contributed by atoms with Crippen molar-refractivity contribution in [1.82, 2.24) is 24.9 Å². The van der Waals surface area contributed by atoms with Crippen molar-refractivity contribution in [3.05, 3.63) is 48.3 Å². The number of carbonyl (C=O) groups excluding carboxylic acids is 1. The molecule has 0 radical (unpaired) electrons. The molecule has 11 nitrogen and oxygen atoms in total. The number of carbonyl (C=O) groups is 1. The molecule has 0 unspecified atom stereocenters. The first-order chi connectivity index (χ1) is 15.4. The second-order valence-electron chi connectivity index (χ2n) is 7.04. The van der Waals surface area contributed by atoms with Gasteiger partial charge in [-0.25, -0.2) is 13.1 Å². The van der Waals surface area contributed by atoms with E-state index in [4.69, 9.17) is 9.47 Å². The molecule has 2 N–H and O–H groups in total. The van der Waals surface area contributed by atoms with Crippen LogP contribution in [0.1, 0.15) is 18.7 Å². The number of hydrogen-bond donors (Lipinski definition) is 2. The topological polar surface area (TPSA) is 137 Å². The molecule has 1 aliphatic rings. The summed E-state index contributed by atoms with van der Waals surface area (Å²) < 4.78 is 40.2. The third-order valence-corrected chi connectivity index (χ3v) is 6.13. The van der Waals surface area contributed by atoms with Crippen LogP contribution in [-0.4, -0.2) is 54.3 Å². The second kappa shape index (κ2) is 9.32. The van der Waals surface area contributed by atoms with E-state index in [9.17, 15) is 13.2 Å². The lowest BCUT2D eigenvalue weighted by molar-refractivity contribution is -0.116. The normalized spacial score (nSPS) is 13.4. The lowest BCUT2D eigenvalue weighted by Gasteiger charge is -2.11. The number of aromatic nitrogens is 4. The van der Waals surface area contributed by atoms with Crippen molar-refractivity contribution >= 4 is 21.6 Å². The maximum atomic E-state index is 12.6. The molecule has 1 aromatic heterocycles. The Bertz CT molecular complexity index is 1230. The van der Waals surface area contributed by atoms with Gasteiger partial charge in [0.2, 0.25) is 15.9 Å². The van der Waals surface area contributed by atoms with Gasteiger partial charge in [0, 0.05) is 31.1 Å². The van der Waals surface area contributed by atoms with Crippen LogP contribution in [0.3, 0.4) is 0 Å². The third-order valence-electron chi connectivity index (χ3n) is 4.67. The molecular weight excluding hydrogens is 436 g/mol. The highest BCUT2D eigenvalue weighted by Crippen LogP contribution is 2.31. The maximum Gasteiger partial charge on any atom is 0.240 e. The lowest BCUT2D eigenvalue weighted by Crippen LogP contribution is -2.28. The van der Waals surface area contributed by atoms with E-state index in [1.807, 2.05) is 6.07 Å². The minimum Gasteiger partial charge on any atom is -0.490 e. The summed E-state index contributed by atoms with van der Waals surface area (Å²) in [4.78, 5) is 12.3. The molecule has 4 rings (SSSR count). The van der Waals surface area contributed by atoms with E-state index in [0.717, 1.165) is 6.42 Å². The fourth-order valence-corrected chi connectivity index (χ4v) is 4.15. The summed E-state index contributed by atoms with van der Waals surface area (Å²) in [5, 5.41) is 14.1. The van der Waals surface area contributed by atoms with Crippen molar-refractivity contribution in [2.45, 2.75) is 24.7 Å². The fraction of sp³-hybridized carbons (Fsp3) is 0.300. The summed E-state index contributed by atoms with van der Waals surface area (Å²) in [7, 11) is -3.81. The highest BCUT2D eigenvalue weighted by atomic mass is 32.2. The van der Waals surface area contributed by atoms with Crippen molar-refractivity contribution in [1.29, 1.82) is 0 Å². The Hall–Kier alpha value is -3.51. The molecule has 0 fully saturated rings. The largest absolute Gasteiger partial charge is 0.490 e. The average Bonchev–Trinajstić information content (AvgIpc) is 3.05. The summed E-state index contributed by atoms with van der Waals surface area (Å²) in [5.74, 6) is 1.18. The number of aryl methyl sites for hydroxylation is 1. The zero-order valence-electron chi connectivity index (χ0n) is 17.3. The molecule has 0 saturated heterocycles. The Balaban J connectivity index is 1.34. The Morgan fingerprint density at radius 3 is 2.72 bits per heavy atom. The lowest BCUT2D eigenvalue weighted by atomic mass is 10.2. The van der Waals surface area contributed by atoms with Gasteiger partial charge in [-0.2, -0.15) is 4.68 Å². The van der Waals surface area contributed by atoms with E-state index >= 15 is 0 Å². The molecule has 0 spiro atoms. The first-order valence-corrected chi connectivity index (χ1v) is 11.5. The molecule has 12 heteroatoms. The standard InChI is InChI=1S/C20H22N6O5S/c1-14-23-24-25-26(14)16-5-2-4-15(12-16)22-20(27)8-9-21-32(28,29)17-6-7-18-19(13-17)31-11-3-10-30-18/h2,4-7,12-13,21H,3,8-11H2,1H3,(H,22,27). The Morgan fingerprint density at radius 2 is 1.94 bits per heavy atom. The zero-order chi connectivity index (χ0) is 22.6. The Kier molecular flexibility index (Phi) is 6.32. The molecule has 168 valence electrons. The zero-order valence-corrected chi connectivity index (χ0v) is 18.1. The van der Waals surface area contributed by atoms with Crippen molar-refractivity contribution in [3.8, 4) is 17.2 Å². The molecule has 0 aliphatic carbocycles. The highest BCUT2D eigenvalue weighted by molar-refractivity contribution is 7.89. The predicted molar refractivity (Wildman–Crippen MR) is 114 cm³/mol. The molecular formula is C20H22N6O5S. The van der Waals surface area contributed by atoms with Gasteiger partial charge in [0.1, 0.15) is 0 Å². The second-order valence-corrected chi connectivity index (χ2v) is 8.81. The SMILES string of the molecule is Cc1nnnn1-c1cccc(NC(=O)CCNS(=O)(=O)c2ccc3c(c2)OCCCO3)c1. The van der Waals surface area contributed by atoms with Gasteiger partial charge in [0.15, 0.2) is 17.3 Å². The van der Waals surface area contributed by atoms with E-state index in [0.29, 0.717) is 41.9 Å². The van der Waals surface area contributed by atoms with E-state index in [2.05, 4.69) is 25.6 Å². The molecule has 1 amide bonds. The van der Waals surface area contributed by atoms with E-state index in [1.54, 1.807) is 35.9 Å². The Morgan fingerprint density at radius 1 is 1.12 bits per heavy atom. The van der Waals surface area contributed by atoms with Gasteiger partial charge in [-0.15, -0.1) is 5.10 Å². The number of ether oxygens (including phenoxy) is 2. The van der Waals surface area contributed by atoms with E-state index < -0.39 is 10.0 Å². The third kappa shape index (κ3) is 5.03. The number of sulfonamides is 1. The number of tetrazole rings is 1. The average molecular weight is 459 g/mol. The van der Waals surface area contributed by atoms with Gasteiger partial charge < -0.3 is 14.8 Å². The van der Waals surface area contributed by atoms with Crippen LogP contribution in [0.2, 0.25) is 0 Å². The number of amides is 1. The van der Waals surface area contributed by atoms with E-state index in [-0.39, 0.29) is 23.8 Å². The summed E-state index contributed by atoms with van der Waals surface area (Å²) in [6, 6.07) is 11.5. The number of anilines is 1. The van der Waals surface area contributed by atoms with Crippen molar-refractivity contribution in [2.75, 3.05) is 25.1 Å². The van der Waals surface area contributed by atoms with E-state index in [1.165, 1.54) is 12.1 Å². The number of benzene rings is 2. The monoisotopic (exact) mass is 458 g/mol. The van der Waals surface area contributed by atoms with Crippen LogP contribution in [0, 0.1) is 6.92 Å². The molecule has 3 aromatic rings. The van der Waals surface area contributed by atoms with Crippen LogP contribution in [-0.2, 0) is 14.8 Å². The molecule has 2 heterocycles. The highest BCUT2D eigenvalue weighted by Gasteiger charge is 2.19. The smallest absolute Gasteiger partial charge is 0.240 e.